The van der Waals surface area contributed by atoms with Crippen LogP contribution in [-0.4, -0.2) is 21.4 Å². The Hall–Kier alpha value is -1.60. The molecule has 2 rings (SSSR count). The second-order valence-electron chi connectivity index (χ2n) is 3.97. The molecule has 0 fully saturated rings. The van der Waals surface area contributed by atoms with E-state index in [-0.39, 0.29) is 11.2 Å². The molecule has 2 aromatic rings. The van der Waals surface area contributed by atoms with E-state index in [1.807, 2.05) is 32.0 Å². The van der Waals surface area contributed by atoms with Gasteiger partial charge in [-0.05, 0) is 31.5 Å². The molecule has 1 aromatic heterocycles. The van der Waals surface area contributed by atoms with E-state index in [0.29, 0.717) is 5.69 Å². The van der Waals surface area contributed by atoms with Crippen LogP contribution in [0, 0.1) is 6.92 Å². The molecule has 1 amide bonds. The van der Waals surface area contributed by atoms with Gasteiger partial charge < -0.3 is 11.1 Å². The minimum atomic E-state index is -0.242. The van der Waals surface area contributed by atoms with Gasteiger partial charge in [0.15, 0.2) is 4.34 Å². The summed E-state index contributed by atoms with van der Waals surface area (Å²) in [4.78, 5) is 12.1. The SMILES string of the molecule is Cc1c(N)cccc1NC(=O)C(C)Sc1nncs1. The summed E-state index contributed by atoms with van der Waals surface area (Å²) in [5, 5.41) is 10.3. The summed E-state index contributed by atoms with van der Waals surface area (Å²) in [7, 11) is 0. The summed E-state index contributed by atoms with van der Waals surface area (Å²) in [6.45, 7) is 3.72. The van der Waals surface area contributed by atoms with E-state index in [1.54, 1.807) is 5.51 Å². The van der Waals surface area contributed by atoms with Gasteiger partial charge >= 0.3 is 0 Å². The Balaban J connectivity index is 2.02. The number of aromatic nitrogens is 2. The number of nitrogen functional groups attached to an aromatic ring is 1. The van der Waals surface area contributed by atoms with Crippen LogP contribution in [0.5, 0.6) is 0 Å². The molecule has 19 heavy (non-hydrogen) atoms. The second kappa shape index (κ2) is 6.03. The Morgan fingerprint density at radius 1 is 1.53 bits per heavy atom. The number of amides is 1. The smallest absolute Gasteiger partial charge is 0.237 e. The van der Waals surface area contributed by atoms with Crippen molar-refractivity contribution in [3.63, 3.8) is 0 Å². The van der Waals surface area contributed by atoms with Gasteiger partial charge in [-0.1, -0.05) is 29.2 Å². The van der Waals surface area contributed by atoms with Crippen LogP contribution in [0.3, 0.4) is 0 Å². The summed E-state index contributed by atoms with van der Waals surface area (Å²) in [6.07, 6.45) is 0. The van der Waals surface area contributed by atoms with Crippen LogP contribution in [0.4, 0.5) is 11.4 Å². The van der Waals surface area contributed by atoms with Crippen molar-refractivity contribution in [1.82, 2.24) is 10.2 Å². The van der Waals surface area contributed by atoms with Gasteiger partial charge in [-0.15, -0.1) is 10.2 Å². The summed E-state index contributed by atoms with van der Waals surface area (Å²) >= 11 is 2.81. The second-order valence-corrected chi connectivity index (χ2v) is 6.39. The van der Waals surface area contributed by atoms with E-state index in [4.69, 9.17) is 5.73 Å². The normalized spacial score (nSPS) is 12.1. The predicted octanol–water partition coefficient (Wildman–Crippen LogP) is 2.55. The average molecular weight is 294 g/mol. The van der Waals surface area contributed by atoms with Gasteiger partial charge in [-0.3, -0.25) is 4.79 Å². The number of hydrogen-bond donors (Lipinski definition) is 2. The molecule has 0 radical (unpaired) electrons. The molecule has 0 aliphatic carbocycles. The molecule has 0 spiro atoms. The zero-order valence-electron chi connectivity index (χ0n) is 10.6. The number of nitrogens with one attached hydrogen (secondary N) is 1. The van der Waals surface area contributed by atoms with Crippen molar-refractivity contribution < 1.29 is 4.79 Å². The third kappa shape index (κ3) is 3.45. The number of rotatable bonds is 4. The van der Waals surface area contributed by atoms with Gasteiger partial charge in [-0.25, -0.2) is 0 Å². The molecule has 0 aliphatic heterocycles. The highest BCUT2D eigenvalue weighted by molar-refractivity contribution is 8.02. The molecular formula is C12H14N4OS2. The first-order valence-electron chi connectivity index (χ1n) is 5.66. The highest BCUT2D eigenvalue weighted by Gasteiger charge is 2.17. The molecule has 0 saturated heterocycles. The van der Waals surface area contributed by atoms with E-state index in [0.717, 1.165) is 15.6 Å². The molecule has 1 heterocycles. The first kappa shape index (κ1) is 13.8. The Morgan fingerprint density at radius 3 is 3.00 bits per heavy atom. The lowest BCUT2D eigenvalue weighted by molar-refractivity contribution is -0.115. The molecule has 100 valence electrons. The molecule has 7 heteroatoms. The predicted molar refractivity (Wildman–Crippen MR) is 79.4 cm³/mol. The topological polar surface area (TPSA) is 80.9 Å². The van der Waals surface area contributed by atoms with Crippen LogP contribution < -0.4 is 11.1 Å². The molecular weight excluding hydrogens is 280 g/mol. The van der Waals surface area contributed by atoms with E-state index in [9.17, 15) is 4.79 Å². The van der Waals surface area contributed by atoms with Crippen LogP contribution in [0.25, 0.3) is 0 Å². The number of nitrogens with zero attached hydrogens (tertiary/aromatic N) is 2. The number of anilines is 2. The molecule has 1 atom stereocenters. The number of carbonyl (C=O) groups excluding carboxylic acids is 1. The summed E-state index contributed by atoms with van der Waals surface area (Å²) in [5.41, 5.74) is 9.75. The number of benzene rings is 1. The molecule has 1 aromatic carbocycles. The first-order valence-corrected chi connectivity index (χ1v) is 7.42. The van der Waals surface area contributed by atoms with Crippen LogP contribution in [0.1, 0.15) is 12.5 Å². The number of hydrogen-bond acceptors (Lipinski definition) is 6. The first-order chi connectivity index (χ1) is 9.08. The number of nitrogens with two attached hydrogens (primary N) is 1. The lowest BCUT2D eigenvalue weighted by Crippen LogP contribution is -2.22. The maximum atomic E-state index is 12.1. The maximum absolute atomic E-state index is 12.1. The standard InChI is InChI=1S/C12H14N4OS2/c1-7-9(13)4-3-5-10(7)15-11(17)8(2)19-12-16-14-6-18-12/h3-6,8H,13H2,1-2H3,(H,15,17). The summed E-state index contributed by atoms with van der Waals surface area (Å²) < 4.78 is 0.784. The van der Waals surface area contributed by atoms with E-state index < -0.39 is 0 Å². The fourth-order valence-electron chi connectivity index (χ4n) is 1.44. The van der Waals surface area contributed by atoms with Crippen molar-refractivity contribution in [1.29, 1.82) is 0 Å². The largest absolute Gasteiger partial charge is 0.398 e. The Labute approximate surface area is 119 Å². The van der Waals surface area contributed by atoms with E-state index in [2.05, 4.69) is 15.5 Å². The van der Waals surface area contributed by atoms with Crippen molar-refractivity contribution >= 4 is 40.4 Å². The molecule has 1 unspecified atom stereocenters. The van der Waals surface area contributed by atoms with Crippen molar-refractivity contribution in [3.05, 3.63) is 29.3 Å². The summed E-state index contributed by atoms with van der Waals surface area (Å²) in [6, 6.07) is 5.47. The quantitative estimate of drug-likeness (QED) is 0.669. The lowest BCUT2D eigenvalue weighted by Gasteiger charge is -2.13. The highest BCUT2D eigenvalue weighted by Crippen LogP contribution is 2.26. The van der Waals surface area contributed by atoms with Crippen molar-refractivity contribution in [2.45, 2.75) is 23.4 Å². The third-order valence-electron chi connectivity index (χ3n) is 2.62. The maximum Gasteiger partial charge on any atom is 0.237 e. The monoisotopic (exact) mass is 294 g/mol. The number of thioether (sulfide) groups is 1. The van der Waals surface area contributed by atoms with Crippen LogP contribution in [0.2, 0.25) is 0 Å². The zero-order valence-corrected chi connectivity index (χ0v) is 12.2. The lowest BCUT2D eigenvalue weighted by atomic mass is 10.1. The Morgan fingerprint density at radius 2 is 2.32 bits per heavy atom. The van der Waals surface area contributed by atoms with Gasteiger partial charge in [0, 0.05) is 11.4 Å². The molecule has 0 bridgehead atoms. The molecule has 5 nitrogen and oxygen atoms in total. The van der Waals surface area contributed by atoms with E-state index >= 15 is 0 Å². The van der Waals surface area contributed by atoms with Crippen LogP contribution >= 0.6 is 23.1 Å². The van der Waals surface area contributed by atoms with Crippen LogP contribution in [-0.2, 0) is 4.79 Å². The van der Waals surface area contributed by atoms with Gasteiger partial charge in [0.05, 0.1) is 5.25 Å². The van der Waals surface area contributed by atoms with Gasteiger partial charge in [-0.2, -0.15) is 0 Å². The Bertz CT molecular complexity index is 571. The van der Waals surface area contributed by atoms with Gasteiger partial charge in [0.2, 0.25) is 5.91 Å². The third-order valence-corrected chi connectivity index (χ3v) is 4.53. The minimum absolute atomic E-state index is 0.0751. The minimum Gasteiger partial charge on any atom is -0.398 e. The highest BCUT2D eigenvalue weighted by atomic mass is 32.2. The summed E-state index contributed by atoms with van der Waals surface area (Å²) in [5.74, 6) is -0.0751. The molecule has 3 N–H and O–H groups in total. The van der Waals surface area contributed by atoms with Gasteiger partial charge in [0.1, 0.15) is 5.51 Å². The van der Waals surface area contributed by atoms with E-state index in [1.165, 1.54) is 23.1 Å². The fraction of sp³-hybridized carbons (Fsp3) is 0.250. The Kier molecular flexibility index (Phi) is 4.39. The fourth-order valence-corrected chi connectivity index (χ4v) is 3.07. The average Bonchev–Trinajstić information content (AvgIpc) is 2.87. The zero-order chi connectivity index (χ0) is 13.8. The van der Waals surface area contributed by atoms with Crippen molar-refractivity contribution in [3.8, 4) is 0 Å². The molecule has 0 aliphatic rings. The van der Waals surface area contributed by atoms with Crippen molar-refractivity contribution in [2.75, 3.05) is 11.1 Å². The van der Waals surface area contributed by atoms with Crippen molar-refractivity contribution in [2.24, 2.45) is 0 Å². The molecule has 0 saturated carbocycles. The van der Waals surface area contributed by atoms with Crippen LogP contribution in [0.15, 0.2) is 28.0 Å². The number of carbonyl (C=O) groups is 1. The van der Waals surface area contributed by atoms with Gasteiger partial charge in [0.25, 0.3) is 0 Å².